The molecule has 0 bridgehead atoms. The maximum absolute atomic E-state index is 12.5. The fraction of sp³-hybridized carbons (Fsp3) is 0.100. The third-order valence-corrected chi connectivity index (χ3v) is 5.04. The molecule has 0 aromatic heterocycles. The maximum atomic E-state index is 12.5. The van der Waals surface area contributed by atoms with Crippen molar-refractivity contribution >= 4 is 45.9 Å². The number of fused-ring (bicyclic) bond motifs is 1. The second-order valence-electron chi connectivity index (χ2n) is 6.13. The van der Waals surface area contributed by atoms with Crippen LogP contribution in [0.2, 0.25) is 10.0 Å². The van der Waals surface area contributed by atoms with Crippen molar-refractivity contribution in [1.82, 2.24) is 5.32 Å². The molecule has 0 spiro atoms. The summed E-state index contributed by atoms with van der Waals surface area (Å²) in [7, 11) is 0. The topological polar surface area (TPSA) is 107 Å². The molecule has 4 N–H and O–H groups in total. The van der Waals surface area contributed by atoms with Crippen molar-refractivity contribution in [3.8, 4) is 22.6 Å². The van der Waals surface area contributed by atoms with Crippen LogP contribution >= 0.6 is 23.2 Å². The Morgan fingerprint density at radius 3 is 2.25 bits per heavy atom. The van der Waals surface area contributed by atoms with Crippen molar-refractivity contribution < 1.29 is 24.9 Å². The zero-order valence-corrected chi connectivity index (χ0v) is 16.1. The number of carbonyl (C=O) groups excluding carboxylic acids is 1. The van der Waals surface area contributed by atoms with E-state index in [1.807, 2.05) is 0 Å². The van der Waals surface area contributed by atoms with Gasteiger partial charge >= 0.3 is 5.97 Å². The number of carboxylic acids is 1. The number of carboxylic acid groups (broad SMARTS) is 1. The van der Waals surface area contributed by atoms with E-state index in [4.69, 9.17) is 28.3 Å². The van der Waals surface area contributed by atoms with Gasteiger partial charge in [0.25, 0.3) is 5.91 Å². The normalized spacial score (nSPS) is 10.8. The van der Waals surface area contributed by atoms with Gasteiger partial charge in [-0.3, -0.25) is 9.59 Å². The zero-order valence-electron chi connectivity index (χ0n) is 14.6. The second-order valence-corrected chi connectivity index (χ2v) is 6.97. The van der Waals surface area contributed by atoms with Gasteiger partial charge in [0.1, 0.15) is 23.6 Å². The molecule has 0 radical (unpaired) electrons. The molecule has 0 aliphatic rings. The van der Waals surface area contributed by atoms with Gasteiger partial charge in [-0.15, -0.1) is 0 Å². The molecule has 0 saturated heterocycles. The Hall–Kier alpha value is -2.96. The second kappa shape index (κ2) is 7.58. The molecule has 3 aromatic carbocycles. The summed E-state index contributed by atoms with van der Waals surface area (Å²) in [5.74, 6) is -3.14. The molecule has 0 aliphatic carbocycles. The van der Waals surface area contributed by atoms with Gasteiger partial charge in [-0.25, -0.2) is 0 Å². The predicted molar refractivity (Wildman–Crippen MR) is 107 cm³/mol. The smallest absolute Gasteiger partial charge is 0.322 e. The van der Waals surface area contributed by atoms with Gasteiger partial charge < -0.3 is 20.6 Å². The highest BCUT2D eigenvalue weighted by atomic mass is 35.5. The number of aryl methyl sites for hydroxylation is 1. The predicted octanol–water partition coefficient (Wildman–Crippen LogP) is 4.35. The van der Waals surface area contributed by atoms with Crippen LogP contribution in [0.4, 0.5) is 0 Å². The third kappa shape index (κ3) is 3.44. The molecule has 0 fully saturated rings. The van der Waals surface area contributed by atoms with Gasteiger partial charge in [0, 0.05) is 21.0 Å². The first-order chi connectivity index (χ1) is 13.2. The number of benzene rings is 3. The number of aromatic hydroxyl groups is 2. The number of phenols is 2. The standard InChI is InChI=1S/C20H15Cl2NO5/c1-9-13(22)7-6-12-15(9)18(26)17(20(28)23-8-14(24)25)19(27)16(12)10-2-4-11(21)5-3-10/h2-7,26-27H,8H2,1H3,(H,23,28)(H,24,25). The minimum Gasteiger partial charge on any atom is -0.506 e. The number of hydrogen-bond donors (Lipinski definition) is 4. The molecule has 0 heterocycles. The van der Waals surface area contributed by atoms with Crippen LogP contribution in [0, 0.1) is 6.92 Å². The fourth-order valence-electron chi connectivity index (χ4n) is 3.06. The van der Waals surface area contributed by atoms with E-state index < -0.39 is 35.5 Å². The fourth-order valence-corrected chi connectivity index (χ4v) is 3.34. The minimum atomic E-state index is -1.26. The van der Waals surface area contributed by atoms with Crippen LogP contribution in [0.25, 0.3) is 21.9 Å². The monoisotopic (exact) mass is 419 g/mol. The summed E-state index contributed by atoms with van der Waals surface area (Å²) in [6.45, 7) is 1.01. The Labute approximate surface area is 169 Å². The summed E-state index contributed by atoms with van der Waals surface area (Å²) in [5.41, 5.74) is 0.939. The molecule has 3 rings (SSSR count). The van der Waals surface area contributed by atoms with E-state index in [0.29, 0.717) is 32.1 Å². The molecule has 6 nitrogen and oxygen atoms in total. The molecule has 0 saturated carbocycles. The van der Waals surface area contributed by atoms with Crippen molar-refractivity contribution in [3.05, 3.63) is 57.6 Å². The van der Waals surface area contributed by atoms with Crippen LogP contribution in [0.3, 0.4) is 0 Å². The van der Waals surface area contributed by atoms with Gasteiger partial charge in [0.15, 0.2) is 0 Å². The lowest BCUT2D eigenvalue weighted by atomic mass is 9.91. The maximum Gasteiger partial charge on any atom is 0.322 e. The summed E-state index contributed by atoms with van der Waals surface area (Å²) in [6, 6.07) is 9.84. The van der Waals surface area contributed by atoms with Gasteiger partial charge in [0.2, 0.25) is 0 Å². The number of amides is 1. The molecule has 8 heteroatoms. The number of carbonyl (C=O) groups is 2. The Kier molecular flexibility index (Phi) is 5.36. The van der Waals surface area contributed by atoms with E-state index in [9.17, 15) is 19.8 Å². The lowest BCUT2D eigenvalue weighted by molar-refractivity contribution is -0.135. The average molecular weight is 420 g/mol. The van der Waals surface area contributed by atoms with E-state index in [2.05, 4.69) is 5.32 Å². The van der Waals surface area contributed by atoms with Crippen molar-refractivity contribution in [2.24, 2.45) is 0 Å². The number of nitrogens with one attached hydrogen (secondary N) is 1. The molecule has 0 unspecified atom stereocenters. The Morgan fingerprint density at radius 2 is 1.64 bits per heavy atom. The summed E-state index contributed by atoms with van der Waals surface area (Å²) >= 11 is 12.1. The lowest BCUT2D eigenvalue weighted by Crippen LogP contribution is -2.29. The quantitative estimate of drug-likeness (QED) is 0.502. The first-order valence-corrected chi connectivity index (χ1v) is 8.90. The van der Waals surface area contributed by atoms with E-state index in [0.717, 1.165) is 0 Å². The van der Waals surface area contributed by atoms with Crippen molar-refractivity contribution in [3.63, 3.8) is 0 Å². The van der Waals surface area contributed by atoms with Crippen LogP contribution < -0.4 is 5.32 Å². The summed E-state index contributed by atoms with van der Waals surface area (Å²) in [4.78, 5) is 23.3. The van der Waals surface area contributed by atoms with Crippen LogP contribution in [0.5, 0.6) is 11.5 Å². The number of phenolic OH excluding ortho intramolecular Hbond substituents is 2. The highest BCUT2D eigenvalue weighted by molar-refractivity contribution is 6.33. The number of aliphatic carboxylic acids is 1. The van der Waals surface area contributed by atoms with Crippen molar-refractivity contribution in [2.45, 2.75) is 6.92 Å². The molecule has 3 aromatic rings. The van der Waals surface area contributed by atoms with E-state index in [1.54, 1.807) is 43.3 Å². The van der Waals surface area contributed by atoms with Crippen molar-refractivity contribution in [1.29, 1.82) is 0 Å². The largest absolute Gasteiger partial charge is 0.506 e. The van der Waals surface area contributed by atoms with E-state index >= 15 is 0 Å². The lowest BCUT2D eigenvalue weighted by Gasteiger charge is -2.18. The number of halogens is 2. The van der Waals surface area contributed by atoms with Crippen molar-refractivity contribution in [2.75, 3.05) is 6.54 Å². The van der Waals surface area contributed by atoms with Gasteiger partial charge in [0.05, 0.1) is 0 Å². The Balaban J connectivity index is 2.38. The molecule has 0 atom stereocenters. The van der Waals surface area contributed by atoms with Gasteiger partial charge in [-0.1, -0.05) is 41.4 Å². The summed E-state index contributed by atoms with van der Waals surface area (Å²) in [5, 5.41) is 34.2. The van der Waals surface area contributed by atoms with Gasteiger partial charge in [-0.05, 0) is 41.6 Å². The first kappa shape index (κ1) is 19.8. The van der Waals surface area contributed by atoms with Crippen LogP contribution in [-0.2, 0) is 4.79 Å². The van der Waals surface area contributed by atoms with Gasteiger partial charge in [-0.2, -0.15) is 0 Å². The Morgan fingerprint density at radius 1 is 1.00 bits per heavy atom. The molecule has 28 heavy (non-hydrogen) atoms. The van der Waals surface area contributed by atoms with Crippen LogP contribution in [0.15, 0.2) is 36.4 Å². The van der Waals surface area contributed by atoms with E-state index in [-0.39, 0.29) is 5.39 Å². The molecule has 0 aliphatic heterocycles. The highest BCUT2D eigenvalue weighted by Gasteiger charge is 2.26. The highest BCUT2D eigenvalue weighted by Crippen LogP contribution is 2.47. The number of rotatable bonds is 4. The minimum absolute atomic E-state index is 0.288. The number of hydrogen-bond acceptors (Lipinski definition) is 4. The SMILES string of the molecule is Cc1c(Cl)ccc2c(-c3ccc(Cl)cc3)c(O)c(C(=O)NCC(=O)O)c(O)c12. The molecule has 144 valence electrons. The zero-order chi connectivity index (χ0) is 20.6. The molecular weight excluding hydrogens is 405 g/mol. The molecule has 1 amide bonds. The molecular formula is C20H15Cl2NO5. The summed E-state index contributed by atoms with van der Waals surface area (Å²) in [6.07, 6.45) is 0. The first-order valence-electron chi connectivity index (χ1n) is 8.15. The summed E-state index contributed by atoms with van der Waals surface area (Å²) < 4.78 is 0. The van der Waals surface area contributed by atoms with Crippen LogP contribution in [0.1, 0.15) is 15.9 Å². The third-order valence-electron chi connectivity index (χ3n) is 4.38. The average Bonchev–Trinajstić information content (AvgIpc) is 2.64. The van der Waals surface area contributed by atoms with Crippen LogP contribution in [-0.4, -0.2) is 33.7 Å². The van der Waals surface area contributed by atoms with E-state index in [1.165, 1.54) is 0 Å². The Bertz CT molecular complexity index is 1110.